The van der Waals surface area contributed by atoms with Gasteiger partial charge < -0.3 is 10.1 Å². The maximum Gasteiger partial charge on any atom is 0.358 e. The van der Waals surface area contributed by atoms with Crippen molar-refractivity contribution in [2.45, 2.75) is 0 Å². The van der Waals surface area contributed by atoms with E-state index in [1.54, 1.807) is 18.2 Å². The smallest absolute Gasteiger partial charge is 0.358 e. The van der Waals surface area contributed by atoms with E-state index in [0.29, 0.717) is 21.6 Å². The second-order valence-corrected chi connectivity index (χ2v) is 4.37. The van der Waals surface area contributed by atoms with Crippen molar-refractivity contribution in [3.8, 4) is 0 Å². The molecule has 0 saturated carbocycles. The summed E-state index contributed by atoms with van der Waals surface area (Å²) in [4.78, 5) is 19.2. The Morgan fingerprint density at radius 2 is 2.05 bits per heavy atom. The predicted octanol–water partition coefficient (Wildman–Crippen LogP) is 3.31. The molecule has 1 aromatic carbocycles. The second-order valence-electron chi connectivity index (χ2n) is 3.53. The molecule has 0 aliphatic rings. The standard InChI is InChI=1S/C12H9Cl2N3O2/c1-19-12(18)10-5-16-11(6-15-10)17-9-3-2-7(13)4-8(9)14/h2-6H,1H3,(H,16,17). The molecule has 2 aromatic rings. The molecule has 0 atom stereocenters. The molecule has 1 aromatic heterocycles. The number of anilines is 2. The van der Waals surface area contributed by atoms with Gasteiger partial charge in [0.1, 0.15) is 5.82 Å². The first-order chi connectivity index (χ1) is 9.10. The number of nitrogens with zero attached hydrogens (tertiary/aromatic N) is 2. The Kier molecular flexibility index (Phi) is 4.19. The van der Waals surface area contributed by atoms with E-state index in [1.807, 2.05) is 0 Å². The first kappa shape index (κ1) is 13.6. The highest BCUT2D eigenvalue weighted by Crippen LogP contribution is 2.27. The average molecular weight is 298 g/mol. The van der Waals surface area contributed by atoms with Crippen LogP contribution < -0.4 is 5.32 Å². The minimum atomic E-state index is -0.538. The molecule has 0 spiro atoms. The zero-order chi connectivity index (χ0) is 13.8. The van der Waals surface area contributed by atoms with Crippen molar-refractivity contribution in [3.63, 3.8) is 0 Å². The fourth-order valence-corrected chi connectivity index (χ4v) is 1.79. The minimum absolute atomic E-state index is 0.134. The molecule has 0 bridgehead atoms. The summed E-state index contributed by atoms with van der Waals surface area (Å²) in [6.07, 6.45) is 2.73. The van der Waals surface area contributed by atoms with Crippen LogP contribution in [0.15, 0.2) is 30.6 Å². The molecule has 0 aliphatic heterocycles. The van der Waals surface area contributed by atoms with Gasteiger partial charge in [-0.25, -0.2) is 14.8 Å². The van der Waals surface area contributed by atoms with Gasteiger partial charge in [-0.1, -0.05) is 23.2 Å². The average Bonchev–Trinajstić information content (AvgIpc) is 2.42. The number of hydrogen-bond donors (Lipinski definition) is 1. The Balaban J connectivity index is 2.17. The van der Waals surface area contributed by atoms with E-state index in [-0.39, 0.29) is 5.69 Å². The maximum absolute atomic E-state index is 11.2. The fourth-order valence-electron chi connectivity index (χ4n) is 1.33. The number of carbonyl (C=O) groups is 1. The Hall–Kier alpha value is -1.85. The molecule has 2 rings (SSSR count). The van der Waals surface area contributed by atoms with Crippen LogP contribution in [0.1, 0.15) is 10.5 Å². The number of halogens is 2. The summed E-state index contributed by atoms with van der Waals surface area (Å²) in [5, 5.41) is 3.98. The third-order valence-electron chi connectivity index (χ3n) is 2.24. The lowest BCUT2D eigenvalue weighted by Gasteiger charge is -2.07. The molecule has 19 heavy (non-hydrogen) atoms. The third kappa shape index (κ3) is 3.33. The van der Waals surface area contributed by atoms with Crippen molar-refractivity contribution in [2.75, 3.05) is 12.4 Å². The number of esters is 1. The normalized spacial score (nSPS) is 10.1. The van der Waals surface area contributed by atoms with Crippen LogP contribution in [-0.4, -0.2) is 23.0 Å². The Morgan fingerprint density at radius 3 is 2.63 bits per heavy atom. The zero-order valence-electron chi connectivity index (χ0n) is 9.85. The summed E-state index contributed by atoms with van der Waals surface area (Å²) in [6.45, 7) is 0. The van der Waals surface area contributed by atoms with E-state index in [9.17, 15) is 4.79 Å². The van der Waals surface area contributed by atoms with Crippen LogP contribution >= 0.6 is 23.2 Å². The predicted molar refractivity (Wildman–Crippen MR) is 73.1 cm³/mol. The highest BCUT2D eigenvalue weighted by Gasteiger charge is 2.08. The summed E-state index contributed by atoms with van der Waals surface area (Å²) in [5.74, 6) is -0.0829. The summed E-state index contributed by atoms with van der Waals surface area (Å²) in [6, 6.07) is 5.04. The van der Waals surface area contributed by atoms with Crippen LogP contribution in [0.4, 0.5) is 11.5 Å². The third-order valence-corrected chi connectivity index (χ3v) is 2.79. The molecule has 7 heteroatoms. The minimum Gasteiger partial charge on any atom is -0.464 e. The molecule has 5 nitrogen and oxygen atoms in total. The summed E-state index contributed by atoms with van der Waals surface area (Å²) < 4.78 is 4.53. The van der Waals surface area contributed by atoms with Crippen molar-refractivity contribution < 1.29 is 9.53 Å². The summed E-state index contributed by atoms with van der Waals surface area (Å²) in [5.41, 5.74) is 0.779. The molecular weight excluding hydrogens is 289 g/mol. The van der Waals surface area contributed by atoms with Crippen molar-refractivity contribution in [1.29, 1.82) is 0 Å². The van der Waals surface area contributed by atoms with Crippen molar-refractivity contribution in [2.24, 2.45) is 0 Å². The molecule has 0 aliphatic carbocycles. The fraction of sp³-hybridized carbons (Fsp3) is 0.0833. The number of methoxy groups -OCH3 is 1. The van der Waals surface area contributed by atoms with E-state index >= 15 is 0 Å². The van der Waals surface area contributed by atoms with Gasteiger partial charge in [-0.05, 0) is 18.2 Å². The highest BCUT2D eigenvalue weighted by atomic mass is 35.5. The van der Waals surface area contributed by atoms with Crippen molar-refractivity contribution in [3.05, 3.63) is 46.3 Å². The monoisotopic (exact) mass is 297 g/mol. The zero-order valence-corrected chi connectivity index (χ0v) is 11.4. The lowest BCUT2D eigenvalue weighted by atomic mass is 10.3. The molecule has 0 radical (unpaired) electrons. The lowest BCUT2D eigenvalue weighted by Crippen LogP contribution is -2.05. The maximum atomic E-state index is 11.2. The Labute approximate surface area is 119 Å². The summed E-state index contributed by atoms with van der Waals surface area (Å²) >= 11 is 11.8. The van der Waals surface area contributed by atoms with Gasteiger partial charge in [-0.15, -0.1) is 0 Å². The quantitative estimate of drug-likeness (QED) is 0.881. The van der Waals surface area contributed by atoms with Crippen LogP contribution in [0.25, 0.3) is 0 Å². The molecular formula is C12H9Cl2N3O2. The molecule has 0 unspecified atom stereocenters. The van der Waals surface area contributed by atoms with Crippen LogP contribution in [0.2, 0.25) is 10.0 Å². The molecule has 1 N–H and O–H groups in total. The van der Waals surface area contributed by atoms with E-state index in [4.69, 9.17) is 23.2 Å². The van der Waals surface area contributed by atoms with Crippen LogP contribution in [0.3, 0.4) is 0 Å². The molecule has 0 amide bonds. The van der Waals surface area contributed by atoms with Crippen LogP contribution in [-0.2, 0) is 4.74 Å². The van der Waals surface area contributed by atoms with Crippen molar-refractivity contribution in [1.82, 2.24) is 9.97 Å². The van der Waals surface area contributed by atoms with Gasteiger partial charge in [0.05, 0.1) is 30.2 Å². The van der Waals surface area contributed by atoms with Crippen LogP contribution in [0, 0.1) is 0 Å². The van der Waals surface area contributed by atoms with Gasteiger partial charge in [0.2, 0.25) is 0 Å². The largest absolute Gasteiger partial charge is 0.464 e. The van der Waals surface area contributed by atoms with Gasteiger partial charge in [0, 0.05) is 5.02 Å². The molecule has 98 valence electrons. The number of ether oxygens (including phenoxy) is 1. The van der Waals surface area contributed by atoms with Gasteiger partial charge >= 0.3 is 5.97 Å². The van der Waals surface area contributed by atoms with Crippen LogP contribution in [0.5, 0.6) is 0 Å². The van der Waals surface area contributed by atoms with Crippen molar-refractivity contribution >= 4 is 40.7 Å². The second kappa shape index (κ2) is 5.86. The van der Waals surface area contributed by atoms with E-state index in [2.05, 4.69) is 20.0 Å². The van der Waals surface area contributed by atoms with Gasteiger partial charge in [-0.2, -0.15) is 0 Å². The lowest BCUT2D eigenvalue weighted by molar-refractivity contribution is 0.0593. The highest BCUT2D eigenvalue weighted by molar-refractivity contribution is 6.36. The molecule has 1 heterocycles. The number of rotatable bonds is 3. The first-order valence-electron chi connectivity index (χ1n) is 5.22. The number of nitrogens with one attached hydrogen (secondary N) is 1. The number of carbonyl (C=O) groups excluding carboxylic acids is 1. The topological polar surface area (TPSA) is 64.1 Å². The number of benzene rings is 1. The number of hydrogen-bond acceptors (Lipinski definition) is 5. The SMILES string of the molecule is COC(=O)c1cnc(Nc2ccc(Cl)cc2Cl)cn1. The van der Waals surface area contributed by atoms with Gasteiger partial charge in [-0.3, -0.25) is 0 Å². The first-order valence-corrected chi connectivity index (χ1v) is 5.98. The van der Waals surface area contributed by atoms with Gasteiger partial charge in [0.15, 0.2) is 5.69 Å². The Bertz CT molecular complexity index is 602. The molecule has 0 saturated heterocycles. The number of aromatic nitrogens is 2. The van der Waals surface area contributed by atoms with Gasteiger partial charge in [0.25, 0.3) is 0 Å². The Morgan fingerprint density at radius 1 is 1.26 bits per heavy atom. The van der Waals surface area contributed by atoms with E-state index in [1.165, 1.54) is 19.5 Å². The molecule has 0 fully saturated rings. The summed E-state index contributed by atoms with van der Waals surface area (Å²) in [7, 11) is 1.28. The van der Waals surface area contributed by atoms with E-state index < -0.39 is 5.97 Å². The van der Waals surface area contributed by atoms with E-state index in [0.717, 1.165) is 0 Å².